The zero-order valence-electron chi connectivity index (χ0n) is 12.8. The highest BCUT2D eigenvalue weighted by molar-refractivity contribution is 7.07. The van der Waals surface area contributed by atoms with Crippen molar-refractivity contribution < 1.29 is 0 Å². The maximum absolute atomic E-state index is 6.07. The third-order valence-corrected chi connectivity index (χ3v) is 4.57. The van der Waals surface area contributed by atoms with Crippen LogP contribution in [0.3, 0.4) is 0 Å². The fraction of sp³-hybridized carbons (Fsp3) is 0.412. The van der Waals surface area contributed by atoms with Gasteiger partial charge in [-0.25, -0.2) is 0 Å². The normalized spacial score (nSPS) is 12.9. The van der Waals surface area contributed by atoms with Crippen LogP contribution in [0.5, 0.6) is 0 Å². The minimum Gasteiger partial charge on any atom is -0.329 e. The van der Waals surface area contributed by atoms with Crippen LogP contribution in [0.25, 0.3) is 0 Å². The molecule has 0 saturated heterocycles. The van der Waals surface area contributed by atoms with E-state index < -0.39 is 0 Å². The molecular weight excluding hydrogens is 264 g/mol. The molecule has 2 nitrogen and oxygen atoms in total. The molecule has 0 spiro atoms. The van der Waals surface area contributed by atoms with Gasteiger partial charge in [-0.15, -0.1) is 0 Å². The van der Waals surface area contributed by atoms with E-state index in [1.165, 1.54) is 27.8 Å². The van der Waals surface area contributed by atoms with E-state index in [9.17, 15) is 0 Å². The van der Waals surface area contributed by atoms with E-state index in [0.29, 0.717) is 6.54 Å². The molecule has 1 aromatic carbocycles. The van der Waals surface area contributed by atoms with Crippen molar-refractivity contribution in [2.24, 2.45) is 5.73 Å². The van der Waals surface area contributed by atoms with Crippen LogP contribution in [0, 0.1) is 20.8 Å². The zero-order valence-corrected chi connectivity index (χ0v) is 13.6. The summed E-state index contributed by atoms with van der Waals surface area (Å²) in [5.41, 5.74) is 12.8. The lowest BCUT2D eigenvalue weighted by Gasteiger charge is -2.30. The zero-order chi connectivity index (χ0) is 14.7. The molecule has 0 bridgehead atoms. The highest BCUT2D eigenvalue weighted by Gasteiger charge is 2.19. The molecule has 1 unspecified atom stereocenters. The molecule has 2 rings (SSSR count). The van der Waals surface area contributed by atoms with E-state index in [-0.39, 0.29) is 6.04 Å². The summed E-state index contributed by atoms with van der Waals surface area (Å²) in [6.45, 7) is 8.12. The molecule has 1 aromatic heterocycles. The van der Waals surface area contributed by atoms with Gasteiger partial charge in [0.15, 0.2) is 0 Å². The average molecular weight is 288 g/mol. The van der Waals surface area contributed by atoms with Crippen LogP contribution in [0.2, 0.25) is 0 Å². The first-order chi connectivity index (χ1) is 9.52. The molecule has 0 fully saturated rings. The lowest BCUT2D eigenvalue weighted by molar-refractivity contribution is 0.240. The van der Waals surface area contributed by atoms with Gasteiger partial charge in [0.1, 0.15) is 0 Å². The first-order valence-corrected chi connectivity index (χ1v) is 7.96. The molecule has 0 aliphatic rings. The number of hydrogen-bond acceptors (Lipinski definition) is 3. The molecule has 2 N–H and O–H groups in total. The smallest absolute Gasteiger partial charge is 0.0476 e. The molecule has 3 heteroatoms. The lowest BCUT2D eigenvalue weighted by atomic mass is 9.93. The van der Waals surface area contributed by atoms with Crippen molar-refractivity contribution in [3.63, 3.8) is 0 Å². The number of rotatable bonds is 5. The Morgan fingerprint density at radius 2 is 1.85 bits per heavy atom. The highest BCUT2D eigenvalue weighted by Crippen LogP contribution is 2.28. The second kappa shape index (κ2) is 6.53. The second-order valence-electron chi connectivity index (χ2n) is 5.61. The molecule has 20 heavy (non-hydrogen) atoms. The van der Waals surface area contributed by atoms with Crippen molar-refractivity contribution in [3.05, 3.63) is 56.8 Å². The summed E-state index contributed by atoms with van der Waals surface area (Å²) in [7, 11) is 2.16. The summed E-state index contributed by atoms with van der Waals surface area (Å²) < 4.78 is 0. The predicted molar refractivity (Wildman–Crippen MR) is 88.2 cm³/mol. The van der Waals surface area contributed by atoms with E-state index in [1.54, 1.807) is 11.3 Å². The molecule has 1 heterocycles. The van der Waals surface area contributed by atoms with E-state index >= 15 is 0 Å². The number of aryl methyl sites for hydroxylation is 3. The number of nitrogens with two attached hydrogens (primary N) is 1. The quantitative estimate of drug-likeness (QED) is 0.906. The van der Waals surface area contributed by atoms with Gasteiger partial charge in [0.05, 0.1) is 0 Å². The predicted octanol–water partition coefficient (Wildman–Crippen LogP) is 3.81. The SMILES string of the molecule is Cc1cc(C)c(C(CN)N(C)Cc2ccsc2)c(C)c1. The number of thiophene rings is 1. The van der Waals surface area contributed by atoms with Crippen molar-refractivity contribution in [3.8, 4) is 0 Å². The van der Waals surface area contributed by atoms with E-state index in [2.05, 4.69) is 61.7 Å². The molecule has 0 aliphatic carbocycles. The Morgan fingerprint density at radius 1 is 1.20 bits per heavy atom. The van der Waals surface area contributed by atoms with E-state index in [1.807, 2.05) is 0 Å². The Kier molecular flexibility index (Phi) is 4.97. The van der Waals surface area contributed by atoms with Crippen LogP contribution >= 0.6 is 11.3 Å². The molecule has 0 aliphatic heterocycles. The summed E-state index contributed by atoms with van der Waals surface area (Å²) in [6.07, 6.45) is 0. The van der Waals surface area contributed by atoms with Crippen LogP contribution < -0.4 is 5.73 Å². The Labute approximate surface area is 126 Å². The molecular formula is C17H24N2S. The van der Waals surface area contributed by atoms with Crippen molar-refractivity contribution in [2.75, 3.05) is 13.6 Å². The van der Waals surface area contributed by atoms with Crippen LogP contribution in [-0.2, 0) is 6.54 Å². The topological polar surface area (TPSA) is 29.3 Å². The van der Waals surface area contributed by atoms with Gasteiger partial charge >= 0.3 is 0 Å². The van der Waals surface area contributed by atoms with E-state index in [0.717, 1.165) is 6.54 Å². The van der Waals surface area contributed by atoms with Gasteiger partial charge in [-0.1, -0.05) is 17.7 Å². The van der Waals surface area contributed by atoms with Crippen molar-refractivity contribution in [2.45, 2.75) is 33.4 Å². The highest BCUT2D eigenvalue weighted by atomic mass is 32.1. The number of hydrogen-bond donors (Lipinski definition) is 1. The lowest BCUT2D eigenvalue weighted by Crippen LogP contribution is -2.31. The van der Waals surface area contributed by atoms with E-state index in [4.69, 9.17) is 5.73 Å². The minimum atomic E-state index is 0.274. The Balaban J connectivity index is 2.28. The van der Waals surface area contributed by atoms with Crippen molar-refractivity contribution in [1.29, 1.82) is 0 Å². The van der Waals surface area contributed by atoms with Crippen LogP contribution in [0.15, 0.2) is 29.0 Å². The fourth-order valence-electron chi connectivity index (χ4n) is 3.02. The largest absolute Gasteiger partial charge is 0.329 e. The first-order valence-electron chi connectivity index (χ1n) is 7.02. The summed E-state index contributed by atoms with van der Waals surface area (Å²) in [6, 6.07) is 6.96. The molecule has 0 radical (unpaired) electrons. The number of benzene rings is 1. The summed E-state index contributed by atoms with van der Waals surface area (Å²) in [5.74, 6) is 0. The van der Waals surface area contributed by atoms with Crippen molar-refractivity contribution >= 4 is 11.3 Å². The summed E-state index contributed by atoms with van der Waals surface area (Å²) in [5, 5.41) is 4.34. The van der Waals surface area contributed by atoms with Gasteiger partial charge in [-0.3, -0.25) is 4.90 Å². The monoisotopic (exact) mass is 288 g/mol. The average Bonchev–Trinajstić information content (AvgIpc) is 2.86. The standard InChI is InChI=1S/C17H24N2S/c1-12-7-13(2)17(14(3)8-12)16(9-18)19(4)10-15-5-6-20-11-15/h5-8,11,16H,9-10,18H2,1-4H3. The van der Waals surface area contributed by atoms with Gasteiger partial charge in [-0.05, 0) is 66.9 Å². The van der Waals surface area contributed by atoms with Gasteiger partial charge < -0.3 is 5.73 Å². The number of nitrogens with zero attached hydrogens (tertiary/aromatic N) is 1. The number of likely N-dealkylation sites (N-methyl/N-ethyl adjacent to an activating group) is 1. The van der Waals surface area contributed by atoms with Gasteiger partial charge in [0.2, 0.25) is 0 Å². The maximum atomic E-state index is 6.07. The Hall–Kier alpha value is -1.16. The molecule has 0 amide bonds. The minimum absolute atomic E-state index is 0.274. The van der Waals surface area contributed by atoms with Gasteiger partial charge in [-0.2, -0.15) is 11.3 Å². The van der Waals surface area contributed by atoms with Crippen molar-refractivity contribution in [1.82, 2.24) is 4.90 Å². The second-order valence-corrected chi connectivity index (χ2v) is 6.39. The molecule has 2 aromatic rings. The molecule has 1 atom stereocenters. The van der Waals surface area contributed by atoms with Crippen LogP contribution in [0.4, 0.5) is 0 Å². The van der Waals surface area contributed by atoms with Gasteiger partial charge in [0.25, 0.3) is 0 Å². The Bertz CT molecular complexity index is 537. The third-order valence-electron chi connectivity index (χ3n) is 3.84. The summed E-state index contributed by atoms with van der Waals surface area (Å²) >= 11 is 1.75. The third kappa shape index (κ3) is 3.29. The maximum Gasteiger partial charge on any atom is 0.0476 e. The summed E-state index contributed by atoms with van der Waals surface area (Å²) in [4.78, 5) is 2.35. The van der Waals surface area contributed by atoms with Crippen LogP contribution in [-0.4, -0.2) is 18.5 Å². The van der Waals surface area contributed by atoms with Crippen LogP contribution in [0.1, 0.15) is 33.9 Å². The van der Waals surface area contributed by atoms with Gasteiger partial charge in [0, 0.05) is 19.1 Å². The molecule has 0 saturated carbocycles. The fourth-order valence-corrected chi connectivity index (χ4v) is 3.68. The Morgan fingerprint density at radius 3 is 2.35 bits per heavy atom. The first kappa shape index (κ1) is 15.2. The molecule has 108 valence electrons.